The highest BCUT2D eigenvalue weighted by molar-refractivity contribution is 6.03. The van der Waals surface area contributed by atoms with E-state index < -0.39 is 0 Å². The Morgan fingerprint density at radius 3 is 2.74 bits per heavy atom. The van der Waals surface area contributed by atoms with E-state index in [0.29, 0.717) is 24.0 Å². The summed E-state index contributed by atoms with van der Waals surface area (Å²) in [6.45, 7) is 5.21. The molecule has 1 aromatic heterocycles. The van der Waals surface area contributed by atoms with Gasteiger partial charge in [0.1, 0.15) is 11.9 Å². The molecule has 0 spiro atoms. The van der Waals surface area contributed by atoms with E-state index in [1.807, 2.05) is 35.9 Å². The Morgan fingerprint density at radius 2 is 2.04 bits per heavy atom. The first-order valence-electron chi connectivity index (χ1n) is 9.49. The zero-order chi connectivity index (χ0) is 18.6. The second kappa shape index (κ2) is 8.06. The molecule has 2 saturated heterocycles. The molecule has 0 saturated carbocycles. The molecule has 2 aromatic rings. The van der Waals surface area contributed by atoms with Crippen molar-refractivity contribution >= 4 is 11.6 Å². The van der Waals surface area contributed by atoms with Crippen molar-refractivity contribution in [1.29, 1.82) is 0 Å². The molecular weight excluding hydrogens is 346 g/mol. The summed E-state index contributed by atoms with van der Waals surface area (Å²) in [6, 6.07) is 7.67. The van der Waals surface area contributed by atoms with Gasteiger partial charge < -0.3 is 20.1 Å². The maximum atomic E-state index is 12.6. The monoisotopic (exact) mass is 371 g/mol. The van der Waals surface area contributed by atoms with E-state index in [0.717, 1.165) is 50.4 Å². The molecule has 27 heavy (non-hydrogen) atoms. The maximum Gasteiger partial charge on any atom is 0.278 e. The number of amides is 1. The van der Waals surface area contributed by atoms with Crippen molar-refractivity contribution in [2.75, 3.05) is 31.6 Å². The van der Waals surface area contributed by atoms with Crippen LogP contribution < -0.4 is 15.4 Å². The quantitative estimate of drug-likeness (QED) is 0.835. The van der Waals surface area contributed by atoms with Gasteiger partial charge in [0.2, 0.25) is 0 Å². The first-order chi connectivity index (χ1) is 13.2. The highest BCUT2D eigenvalue weighted by atomic mass is 16.5. The lowest BCUT2D eigenvalue weighted by Crippen LogP contribution is -2.30. The third kappa shape index (κ3) is 4.12. The van der Waals surface area contributed by atoms with Crippen LogP contribution in [0.1, 0.15) is 41.5 Å². The normalized spacial score (nSPS) is 20.6. The molecule has 0 radical (unpaired) electrons. The number of hydrogen-bond acceptors (Lipinski definition) is 6. The van der Waals surface area contributed by atoms with E-state index in [1.54, 1.807) is 0 Å². The molecule has 1 atom stereocenters. The lowest BCUT2D eigenvalue weighted by atomic mass is 10.1. The highest BCUT2D eigenvalue weighted by Gasteiger charge is 2.23. The number of aromatic nitrogens is 3. The average Bonchev–Trinajstić information content (AvgIpc) is 3.33. The van der Waals surface area contributed by atoms with Crippen molar-refractivity contribution < 1.29 is 14.3 Å². The Balaban J connectivity index is 1.39. The van der Waals surface area contributed by atoms with E-state index in [2.05, 4.69) is 20.9 Å². The molecule has 1 unspecified atom stereocenters. The SMILES string of the molecule is Cc1c(C(=O)Nc2ccc(OC3CCOC3)cc2)nnn1C1CCNCC1. The van der Waals surface area contributed by atoms with Crippen LogP contribution in [0.4, 0.5) is 5.69 Å². The van der Waals surface area contributed by atoms with Crippen LogP contribution in [0.3, 0.4) is 0 Å². The van der Waals surface area contributed by atoms with Crippen LogP contribution in [0.25, 0.3) is 0 Å². The third-order valence-electron chi connectivity index (χ3n) is 5.10. The zero-order valence-corrected chi connectivity index (χ0v) is 15.5. The lowest BCUT2D eigenvalue weighted by Gasteiger charge is -2.23. The van der Waals surface area contributed by atoms with Gasteiger partial charge in [-0.1, -0.05) is 5.21 Å². The second-order valence-corrected chi connectivity index (χ2v) is 7.03. The van der Waals surface area contributed by atoms with Crippen LogP contribution >= 0.6 is 0 Å². The number of anilines is 1. The summed E-state index contributed by atoms with van der Waals surface area (Å²) in [5, 5.41) is 14.6. The van der Waals surface area contributed by atoms with Gasteiger partial charge in [-0.05, 0) is 57.1 Å². The maximum absolute atomic E-state index is 12.6. The minimum absolute atomic E-state index is 0.109. The molecule has 1 aromatic carbocycles. The molecule has 4 rings (SSSR count). The van der Waals surface area contributed by atoms with E-state index in [4.69, 9.17) is 9.47 Å². The molecule has 0 aliphatic carbocycles. The molecule has 0 bridgehead atoms. The fraction of sp³-hybridized carbons (Fsp3) is 0.526. The summed E-state index contributed by atoms with van der Waals surface area (Å²) in [7, 11) is 0. The van der Waals surface area contributed by atoms with Crippen LogP contribution in [0.5, 0.6) is 5.75 Å². The fourth-order valence-electron chi connectivity index (χ4n) is 3.55. The predicted octanol–water partition coefficient (Wildman–Crippen LogP) is 1.93. The van der Waals surface area contributed by atoms with Crippen molar-refractivity contribution in [1.82, 2.24) is 20.3 Å². The van der Waals surface area contributed by atoms with E-state index >= 15 is 0 Å². The van der Waals surface area contributed by atoms with Gasteiger partial charge in [0, 0.05) is 12.1 Å². The number of rotatable bonds is 5. The third-order valence-corrected chi connectivity index (χ3v) is 5.10. The Kier molecular flexibility index (Phi) is 5.35. The van der Waals surface area contributed by atoms with Crippen LogP contribution in [0, 0.1) is 6.92 Å². The number of ether oxygens (including phenoxy) is 2. The molecule has 144 valence electrons. The number of nitrogens with zero attached hydrogens (tertiary/aromatic N) is 3. The Labute approximate surface area is 158 Å². The fourth-order valence-corrected chi connectivity index (χ4v) is 3.55. The summed E-state index contributed by atoms with van der Waals surface area (Å²) in [5.41, 5.74) is 1.88. The average molecular weight is 371 g/mol. The van der Waals surface area contributed by atoms with Crippen molar-refractivity contribution in [3.8, 4) is 5.75 Å². The Bertz CT molecular complexity index is 777. The summed E-state index contributed by atoms with van der Waals surface area (Å²) < 4.78 is 13.0. The predicted molar refractivity (Wildman–Crippen MR) is 100 cm³/mol. The van der Waals surface area contributed by atoms with Crippen molar-refractivity contribution in [3.63, 3.8) is 0 Å². The molecule has 2 aliphatic rings. The molecule has 8 nitrogen and oxygen atoms in total. The topological polar surface area (TPSA) is 90.3 Å². The molecule has 8 heteroatoms. The van der Waals surface area contributed by atoms with Gasteiger partial charge in [-0.15, -0.1) is 5.10 Å². The largest absolute Gasteiger partial charge is 0.488 e. The molecule has 1 amide bonds. The van der Waals surface area contributed by atoms with Crippen LogP contribution in [0.2, 0.25) is 0 Å². The number of benzene rings is 1. The highest BCUT2D eigenvalue weighted by Crippen LogP contribution is 2.22. The van der Waals surface area contributed by atoms with E-state index in [9.17, 15) is 4.79 Å². The Hall–Kier alpha value is -2.45. The molecule has 2 aliphatic heterocycles. The number of hydrogen-bond donors (Lipinski definition) is 2. The van der Waals surface area contributed by atoms with Gasteiger partial charge in [0.25, 0.3) is 5.91 Å². The zero-order valence-electron chi connectivity index (χ0n) is 15.5. The van der Waals surface area contributed by atoms with E-state index in [1.165, 1.54) is 0 Å². The summed E-state index contributed by atoms with van der Waals surface area (Å²) in [5.74, 6) is 0.530. The van der Waals surface area contributed by atoms with Gasteiger partial charge in [-0.2, -0.15) is 0 Å². The van der Waals surface area contributed by atoms with Crippen LogP contribution in [-0.2, 0) is 4.74 Å². The second-order valence-electron chi connectivity index (χ2n) is 7.03. The van der Waals surface area contributed by atoms with E-state index in [-0.39, 0.29) is 12.0 Å². The first kappa shape index (κ1) is 17.9. The van der Waals surface area contributed by atoms with Gasteiger partial charge in [0.15, 0.2) is 5.69 Å². The molecular formula is C19H25N5O3. The smallest absolute Gasteiger partial charge is 0.278 e. The van der Waals surface area contributed by atoms with Crippen molar-refractivity contribution in [2.24, 2.45) is 0 Å². The lowest BCUT2D eigenvalue weighted by molar-refractivity contribution is 0.102. The molecule has 2 fully saturated rings. The summed E-state index contributed by atoms with van der Waals surface area (Å²) >= 11 is 0. The first-order valence-corrected chi connectivity index (χ1v) is 9.49. The number of carbonyl (C=O) groups excluding carboxylic acids is 1. The summed E-state index contributed by atoms with van der Waals surface area (Å²) in [6.07, 6.45) is 3.01. The van der Waals surface area contributed by atoms with Crippen molar-refractivity contribution in [3.05, 3.63) is 35.7 Å². The van der Waals surface area contributed by atoms with Gasteiger partial charge in [-0.25, -0.2) is 4.68 Å². The number of nitrogens with one attached hydrogen (secondary N) is 2. The standard InChI is InChI=1S/C19H25N5O3/c1-13-18(22-23-24(13)15-6-9-20-10-7-15)19(25)21-14-2-4-16(5-3-14)27-17-8-11-26-12-17/h2-5,15,17,20H,6-12H2,1H3,(H,21,25). The minimum atomic E-state index is -0.245. The molecule has 3 heterocycles. The summed E-state index contributed by atoms with van der Waals surface area (Å²) in [4.78, 5) is 12.6. The van der Waals surface area contributed by atoms with Gasteiger partial charge in [-0.3, -0.25) is 4.79 Å². The van der Waals surface area contributed by atoms with Crippen LogP contribution in [0.15, 0.2) is 24.3 Å². The number of carbonyl (C=O) groups is 1. The Morgan fingerprint density at radius 1 is 1.26 bits per heavy atom. The van der Waals surface area contributed by atoms with Gasteiger partial charge in [0.05, 0.1) is 24.9 Å². The minimum Gasteiger partial charge on any atom is -0.488 e. The molecule has 2 N–H and O–H groups in total. The number of piperidine rings is 1. The van der Waals surface area contributed by atoms with Crippen molar-refractivity contribution in [2.45, 2.75) is 38.3 Å². The van der Waals surface area contributed by atoms with Gasteiger partial charge >= 0.3 is 0 Å². The van der Waals surface area contributed by atoms with Crippen LogP contribution in [-0.4, -0.2) is 53.3 Å².